The normalized spacial score (nSPS) is 18.1. The highest BCUT2D eigenvalue weighted by atomic mass is 32.2. The van der Waals surface area contributed by atoms with Crippen LogP contribution in [0.3, 0.4) is 0 Å². The van der Waals surface area contributed by atoms with Crippen molar-refractivity contribution in [2.24, 2.45) is 7.05 Å². The third kappa shape index (κ3) is 3.08. The first-order valence-corrected chi connectivity index (χ1v) is 9.77. The van der Waals surface area contributed by atoms with E-state index in [1.54, 1.807) is 23.0 Å². The third-order valence-corrected chi connectivity index (χ3v) is 5.60. The van der Waals surface area contributed by atoms with Gasteiger partial charge in [0.05, 0.1) is 17.1 Å². The summed E-state index contributed by atoms with van der Waals surface area (Å²) in [5, 5.41) is 4.19. The second kappa shape index (κ2) is 6.05. The van der Waals surface area contributed by atoms with Gasteiger partial charge in [-0.15, -0.1) is 0 Å². The van der Waals surface area contributed by atoms with E-state index in [2.05, 4.69) is 5.10 Å². The number of likely N-dealkylation sites (tertiary alicyclic amines) is 1. The van der Waals surface area contributed by atoms with Crippen molar-refractivity contribution in [1.82, 2.24) is 14.7 Å². The van der Waals surface area contributed by atoms with Gasteiger partial charge in [-0.3, -0.25) is 9.48 Å². The molecule has 24 heavy (non-hydrogen) atoms. The van der Waals surface area contributed by atoms with Crippen LogP contribution >= 0.6 is 0 Å². The van der Waals surface area contributed by atoms with Crippen LogP contribution in [0.1, 0.15) is 40.4 Å². The standard InChI is InChI=1S/C17H21N3O3S/c1-12-6-7-14(24(3,22)23)9-15(12)17(21)20-8-4-5-16(20)13-10-18-19(2)11-13/h6-7,9-11,16H,4-5,8H2,1-3H3/t16-/m0/s1. The Morgan fingerprint density at radius 3 is 2.71 bits per heavy atom. The molecule has 0 unspecified atom stereocenters. The minimum Gasteiger partial charge on any atom is -0.331 e. The summed E-state index contributed by atoms with van der Waals surface area (Å²) >= 11 is 0. The lowest BCUT2D eigenvalue weighted by Crippen LogP contribution is -2.31. The molecule has 1 atom stereocenters. The van der Waals surface area contributed by atoms with Crippen LogP contribution in [0.2, 0.25) is 0 Å². The molecule has 0 N–H and O–H groups in total. The molecular weight excluding hydrogens is 326 g/mol. The number of benzene rings is 1. The first-order chi connectivity index (χ1) is 11.3. The first-order valence-electron chi connectivity index (χ1n) is 7.87. The summed E-state index contributed by atoms with van der Waals surface area (Å²) in [7, 11) is -1.49. The smallest absolute Gasteiger partial charge is 0.254 e. The van der Waals surface area contributed by atoms with Crippen molar-refractivity contribution in [3.05, 3.63) is 47.3 Å². The Labute approximate surface area is 142 Å². The summed E-state index contributed by atoms with van der Waals surface area (Å²) in [6.07, 6.45) is 6.69. The third-order valence-electron chi connectivity index (χ3n) is 4.49. The molecule has 0 radical (unpaired) electrons. The Morgan fingerprint density at radius 1 is 1.33 bits per heavy atom. The molecule has 1 amide bonds. The van der Waals surface area contributed by atoms with E-state index in [0.29, 0.717) is 12.1 Å². The molecule has 0 aliphatic carbocycles. The molecule has 2 aromatic rings. The number of aromatic nitrogens is 2. The predicted octanol–water partition coefficient (Wildman–Crippen LogP) is 2.11. The lowest BCUT2D eigenvalue weighted by Gasteiger charge is -2.25. The number of hydrogen-bond acceptors (Lipinski definition) is 4. The summed E-state index contributed by atoms with van der Waals surface area (Å²) in [5.74, 6) is -0.121. The average molecular weight is 347 g/mol. The Balaban J connectivity index is 1.96. The van der Waals surface area contributed by atoms with Gasteiger partial charge in [0.15, 0.2) is 9.84 Å². The molecule has 1 aromatic carbocycles. The fraction of sp³-hybridized carbons (Fsp3) is 0.412. The molecule has 1 saturated heterocycles. The molecule has 3 rings (SSSR count). The maximum absolute atomic E-state index is 13.0. The van der Waals surface area contributed by atoms with Crippen LogP contribution < -0.4 is 0 Å². The van der Waals surface area contributed by atoms with Gasteiger partial charge in [-0.05, 0) is 37.5 Å². The topological polar surface area (TPSA) is 72.3 Å². The lowest BCUT2D eigenvalue weighted by atomic mass is 10.1. The molecule has 7 heteroatoms. The van der Waals surface area contributed by atoms with E-state index in [4.69, 9.17) is 0 Å². The predicted molar refractivity (Wildman–Crippen MR) is 90.5 cm³/mol. The van der Waals surface area contributed by atoms with E-state index in [1.807, 2.05) is 25.1 Å². The minimum atomic E-state index is -3.35. The van der Waals surface area contributed by atoms with Crippen molar-refractivity contribution >= 4 is 15.7 Å². The first kappa shape index (κ1) is 16.7. The van der Waals surface area contributed by atoms with Crippen LogP contribution in [0.5, 0.6) is 0 Å². The minimum absolute atomic E-state index is 0.00695. The van der Waals surface area contributed by atoms with Crippen molar-refractivity contribution in [2.75, 3.05) is 12.8 Å². The van der Waals surface area contributed by atoms with E-state index in [9.17, 15) is 13.2 Å². The molecule has 0 bridgehead atoms. The molecular formula is C17H21N3O3S. The number of rotatable bonds is 3. The number of carbonyl (C=O) groups is 1. The zero-order valence-electron chi connectivity index (χ0n) is 14.1. The molecule has 128 valence electrons. The molecule has 0 spiro atoms. The summed E-state index contributed by atoms with van der Waals surface area (Å²) in [5.41, 5.74) is 2.25. The van der Waals surface area contributed by atoms with Crippen molar-refractivity contribution < 1.29 is 13.2 Å². The Bertz CT molecular complexity index is 886. The Hall–Kier alpha value is -2.15. The zero-order valence-corrected chi connectivity index (χ0v) is 14.9. The van der Waals surface area contributed by atoms with Crippen molar-refractivity contribution in [3.8, 4) is 0 Å². The zero-order chi connectivity index (χ0) is 17.5. The van der Waals surface area contributed by atoms with Gasteiger partial charge >= 0.3 is 0 Å². The summed E-state index contributed by atoms with van der Waals surface area (Å²) in [6.45, 7) is 2.50. The van der Waals surface area contributed by atoms with Gasteiger partial charge in [-0.2, -0.15) is 5.10 Å². The van der Waals surface area contributed by atoms with Gasteiger partial charge in [0.25, 0.3) is 5.91 Å². The van der Waals surface area contributed by atoms with Gasteiger partial charge in [-0.25, -0.2) is 8.42 Å². The number of nitrogens with zero attached hydrogens (tertiary/aromatic N) is 3. The molecule has 0 saturated carbocycles. The Kier molecular flexibility index (Phi) is 4.21. The van der Waals surface area contributed by atoms with Crippen LogP contribution in [0, 0.1) is 6.92 Å². The second-order valence-corrected chi connectivity index (χ2v) is 8.37. The van der Waals surface area contributed by atoms with Gasteiger partial charge in [-0.1, -0.05) is 6.07 Å². The number of amides is 1. The highest BCUT2D eigenvalue weighted by Crippen LogP contribution is 2.33. The van der Waals surface area contributed by atoms with Crippen LogP contribution in [-0.2, 0) is 16.9 Å². The van der Waals surface area contributed by atoms with E-state index in [0.717, 1.165) is 30.2 Å². The highest BCUT2D eigenvalue weighted by molar-refractivity contribution is 7.90. The second-order valence-electron chi connectivity index (χ2n) is 6.35. The molecule has 1 fully saturated rings. The van der Waals surface area contributed by atoms with Crippen LogP contribution in [0.15, 0.2) is 35.5 Å². The van der Waals surface area contributed by atoms with Gasteiger partial charge < -0.3 is 4.90 Å². The van der Waals surface area contributed by atoms with E-state index < -0.39 is 9.84 Å². The van der Waals surface area contributed by atoms with Crippen molar-refractivity contribution in [3.63, 3.8) is 0 Å². The Morgan fingerprint density at radius 2 is 2.08 bits per heavy atom. The molecule has 1 aliphatic rings. The number of hydrogen-bond donors (Lipinski definition) is 0. The van der Waals surface area contributed by atoms with E-state index in [1.165, 1.54) is 6.07 Å². The number of aryl methyl sites for hydroxylation is 2. The molecule has 1 aromatic heterocycles. The van der Waals surface area contributed by atoms with Crippen LogP contribution in [0.25, 0.3) is 0 Å². The van der Waals surface area contributed by atoms with Crippen molar-refractivity contribution in [1.29, 1.82) is 0 Å². The SMILES string of the molecule is Cc1ccc(S(C)(=O)=O)cc1C(=O)N1CCC[C@H]1c1cnn(C)c1. The van der Waals surface area contributed by atoms with Gasteiger partial charge in [0.2, 0.25) is 0 Å². The summed E-state index contributed by atoms with van der Waals surface area (Å²) in [4.78, 5) is 15.0. The fourth-order valence-corrected chi connectivity index (χ4v) is 3.83. The van der Waals surface area contributed by atoms with Crippen molar-refractivity contribution in [2.45, 2.75) is 30.7 Å². The largest absolute Gasteiger partial charge is 0.331 e. The van der Waals surface area contributed by atoms with Crippen LogP contribution in [-0.4, -0.2) is 41.8 Å². The summed E-state index contributed by atoms with van der Waals surface area (Å²) < 4.78 is 25.3. The molecule has 1 aliphatic heterocycles. The highest BCUT2D eigenvalue weighted by Gasteiger charge is 2.32. The van der Waals surface area contributed by atoms with Gasteiger partial charge in [0.1, 0.15) is 0 Å². The maximum Gasteiger partial charge on any atom is 0.254 e. The van der Waals surface area contributed by atoms with Crippen LogP contribution in [0.4, 0.5) is 0 Å². The number of sulfone groups is 1. The lowest BCUT2D eigenvalue weighted by molar-refractivity contribution is 0.0734. The monoisotopic (exact) mass is 347 g/mol. The maximum atomic E-state index is 13.0. The molecule has 6 nitrogen and oxygen atoms in total. The summed E-state index contributed by atoms with van der Waals surface area (Å²) in [6, 6.07) is 4.72. The fourth-order valence-electron chi connectivity index (χ4n) is 3.19. The van der Waals surface area contributed by atoms with Gasteiger partial charge in [0, 0.05) is 37.2 Å². The number of carbonyl (C=O) groups excluding carboxylic acids is 1. The quantitative estimate of drug-likeness (QED) is 0.852. The molecule has 2 heterocycles. The average Bonchev–Trinajstić information content (AvgIpc) is 3.14. The van der Waals surface area contributed by atoms with E-state index in [-0.39, 0.29) is 16.8 Å². The van der Waals surface area contributed by atoms with E-state index >= 15 is 0 Å².